The van der Waals surface area contributed by atoms with Gasteiger partial charge in [-0.05, 0) is 60.9 Å². The molecular formula is C40H58O4. The molecule has 0 fully saturated rings. The van der Waals surface area contributed by atoms with E-state index in [9.17, 15) is 10.2 Å². The molecule has 0 aliphatic rings. The molecule has 0 aromatic heterocycles. The summed E-state index contributed by atoms with van der Waals surface area (Å²) in [5.41, 5.74) is 3.50. The Kier molecular flexibility index (Phi) is 18.6. The van der Waals surface area contributed by atoms with E-state index < -0.39 is 12.2 Å². The lowest BCUT2D eigenvalue weighted by molar-refractivity contribution is -0.0135. The van der Waals surface area contributed by atoms with Crippen molar-refractivity contribution in [1.29, 1.82) is 0 Å². The number of aliphatic hydroxyl groups excluding tert-OH is 2. The van der Waals surface area contributed by atoms with Gasteiger partial charge in [-0.2, -0.15) is 0 Å². The monoisotopic (exact) mass is 602 g/mol. The number of hydrogen-bond donors (Lipinski definition) is 2. The zero-order valence-corrected chi connectivity index (χ0v) is 27.3. The van der Waals surface area contributed by atoms with E-state index in [0.717, 1.165) is 42.6 Å². The molecule has 3 aromatic carbocycles. The van der Waals surface area contributed by atoms with E-state index in [0.29, 0.717) is 26.1 Å². The molecule has 0 amide bonds. The summed E-state index contributed by atoms with van der Waals surface area (Å²) < 4.78 is 12.3. The minimum absolute atomic E-state index is 0.0895. The summed E-state index contributed by atoms with van der Waals surface area (Å²) >= 11 is 0. The van der Waals surface area contributed by atoms with Crippen molar-refractivity contribution in [1.82, 2.24) is 0 Å². The summed E-state index contributed by atoms with van der Waals surface area (Å²) in [6, 6.07) is 28.7. The van der Waals surface area contributed by atoms with Crippen LogP contribution >= 0.6 is 0 Å². The molecule has 3 atom stereocenters. The van der Waals surface area contributed by atoms with E-state index in [2.05, 4.69) is 43.3 Å². The van der Waals surface area contributed by atoms with Crippen LogP contribution in [0.2, 0.25) is 0 Å². The average molecular weight is 603 g/mol. The quantitative estimate of drug-likeness (QED) is 0.0948. The fourth-order valence-electron chi connectivity index (χ4n) is 5.75. The van der Waals surface area contributed by atoms with Gasteiger partial charge in [0.05, 0.1) is 24.9 Å². The number of hydrogen-bond acceptors (Lipinski definition) is 4. The second kappa shape index (κ2) is 22.8. The molecular weight excluding hydrogens is 544 g/mol. The maximum Gasteiger partial charge on any atom is 0.119 e. The molecule has 4 heteroatoms. The highest BCUT2D eigenvalue weighted by Gasteiger charge is 2.19. The van der Waals surface area contributed by atoms with Gasteiger partial charge in [0.2, 0.25) is 0 Å². The fraction of sp³-hybridized carbons (Fsp3) is 0.550. The Morgan fingerprint density at radius 1 is 0.523 bits per heavy atom. The predicted molar refractivity (Wildman–Crippen MR) is 183 cm³/mol. The van der Waals surface area contributed by atoms with E-state index in [-0.39, 0.29) is 6.10 Å². The third kappa shape index (κ3) is 16.4. The van der Waals surface area contributed by atoms with Gasteiger partial charge in [0.25, 0.3) is 0 Å². The molecule has 44 heavy (non-hydrogen) atoms. The van der Waals surface area contributed by atoms with Crippen LogP contribution in [-0.2, 0) is 24.4 Å². The minimum Gasteiger partial charge on any atom is -0.489 e. The van der Waals surface area contributed by atoms with Crippen molar-refractivity contribution in [3.05, 3.63) is 102 Å². The van der Waals surface area contributed by atoms with Crippen molar-refractivity contribution in [2.24, 2.45) is 0 Å². The van der Waals surface area contributed by atoms with E-state index in [1.54, 1.807) is 0 Å². The van der Waals surface area contributed by atoms with Gasteiger partial charge in [-0.1, -0.05) is 150 Å². The zero-order chi connectivity index (χ0) is 31.1. The Morgan fingerprint density at radius 3 is 1.66 bits per heavy atom. The summed E-state index contributed by atoms with van der Waals surface area (Å²) in [4.78, 5) is 0. The van der Waals surface area contributed by atoms with Crippen molar-refractivity contribution in [2.75, 3.05) is 0 Å². The number of aliphatic hydroxyl groups is 2. The first-order valence-corrected chi connectivity index (χ1v) is 17.4. The second-order valence-corrected chi connectivity index (χ2v) is 12.5. The first-order chi connectivity index (χ1) is 21.6. The molecule has 0 saturated carbocycles. The minimum atomic E-state index is -0.577. The Morgan fingerprint density at radius 2 is 1.07 bits per heavy atom. The number of rotatable bonds is 25. The van der Waals surface area contributed by atoms with Gasteiger partial charge in [0.1, 0.15) is 12.4 Å². The van der Waals surface area contributed by atoms with Crippen LogP contribution < -0.4 is 4.74 Å². The fourth-order valence-corrected chi connectivity index (χ4v) is 5.75. The molecule has 0 aliphatic carbocycles. The lowest BCUT2D eigenvalue weighted by Gasteiger charge is -2.23. The molecule has 2 N–H and O–H groups in total. The second-order valence-electron chi connectivity index (χ2n) is 12.5. The van der Waals surface area contributed by atoms with E-state index in [4.69, 9.17) is 9.47 Å². The molecule has 3 aromatic rings. The normalized spacial score (nSPS) is 13.4. The Bertz CT molecular complexity index is 1070. The largest absolute Gasteiger partial charge is 0.489 e. The smallest absolute Gasteiger partial charge is 0.119 e. The van der Waals surface area contributed by atoms with Crippen LogP contribution in [0.25, 0.3) is 0 Å². The molecule has 0 spiro atoms. The summed E-state index contributed by atoms with van der Waals surface area (Å²) in [6.07, 6.45) is 16.5. The van der Waals surface area contributed by atoms with Gasteiger partial charge in [-0.15, -0.1) is 0 Å². The molecule has 0 unspecified atom stereocenters. The predicted octanol–water partition coefficient (Wildman–Crippen LogP) is 9.99. The maximum absolute atomic E-state index is 10.9. The van der Waals surface area contributed by atoms with Gasteiger partial charge in [-0.3, -0.25) is 0 Å². The van der Waals surface area contributed by atoms with E-state index in [1.165, 1.54) is 69.8 Å². The first-order valence-electron chi connectivity index (χ1n) is 17.4. The number of aryl methyl sites for hydroxylation is 1. The van der Waals surface area contributed by atoms with E-state index in [1.807, 2.05) is 48.5 Å². The molecule has 0 saturated heterocycles. The van der Waals surface area contributed by atoms with Crippen molar-refractivity contribution < 1.29 is 19.7 Å². The SMILES string of the molecule is CCCCCCCCCCCCC[C@@H](O)C[C@H](O)C[C@@H](CCc1ccc(OCc2ccccc2)cc1)OCc1ccccc1. The van der Waals surface area contributed by atoms with Crippen LogP contribution in [0.5, 0.6) is 5.75 Å². The zero-order valence-electron chi connectivity index (χ0n) is 27.3. The topological polar surface area (TPSA) is 58.9 Å². The Labute approximate surface area is 267 Å². The van der Waals surface area contributed by atoms with Crippen LogP contribution in [0.3, 0.4) is 0 Å². The third-order valence-corrected chi connectivity index (χ3v) is 8.48. The van der Waals surface area contributed by atoms with Crippen molar-refractivity contribution in [3.8, 4) is 5.75 Å². The standard InChI is InChI=1S/C40H58O4/c1-2-3-4-5-6-7-8-9-10-11-18-23-37(41)30-38(42)31-40(44-33-36-21-16-13-17-22-36)29-26-34-24-27-39(28-25-34)43-32-35-19-14-12-15-20-35/h12-17,19-22,24-25,27-28,37-38,40-42H,2-11,18,23,26,29-33H2,1H3/t37-,38+,40-/m1/s1. The van der Waals surface area contributed by atoms with Gasteiger partial charge >= 0.3 is 0 Å². The molecule has 3 rings (SSSR count). The van der Waals surface area contributed by atoms with E-state index >= 15 is 0 Å². The van der Waals surface area contributed by atoms with Crippen molar-refractivity contribution in [3.63, 3.8) is 0 Å². The highest BCUT2D eigenvalue weighted by Crippen LogP contribution is 2.21. The molecule has 0 aliphatic heterocycles. The van der Waals surface area contributed by atoms with Gasteiger partial charge < -0.3 is 19.7 Å². The van der Waals surface area contributed by atoms with Crippen LogP contribution in [-0.4, -0.2) is 28.5 Å². The first kappa shape index (κ1) is 35.8. The van der Waals surface area contributed by atoms with Crippen LogP contribution in [0, 0.1) is 0 Å². The highest BCUT2D eigenvalue weighted by molar-refractivity contribution is 5.28. The Hall–Kier alpha value is -2.66. The average Bonchev–Trinajstić information content (AvgIpc) is 3.05. The van der Waals surface area contributed by atoms with Gasteiger partial charge in [0, 0.05) is 0 Å². The molecule has 0 bridgehead atoms. The van der Waals surface area contributed by atoms with Crippen molar-refractivity contribution >= 4 is 0 Å². The van der Waals surface area contributed by atoms with Crippen molar-refractivity contribution in [2.45, 2.75) is 141 Å². The number of benzene rings is 3. The number of unbranched alkanes of at least 4 members (excludes halogenated alkanes) is 10. The Balaban J connectivity index is 1.36. The molecule has 0 heterocycles. The van der Waals surface area contributed by atoms with Crippen LogP contribution in [0.1, 0.15) is 120 Å². The summed E-state index contributed by atoms with van der Waals surface area (Å²) in [6.45, 7) is 3.34. The number of ether oxygens (including phenoxy) is 2. The summed E-state index contributed by atoms with van der Waals surface area (Å²) in [7, 11) is 0. The van der Waals surface area contributed by atoms with Crippen LogP contribution in [0.15, 0.2) is 84.9 Å². The lowest BCUT2D eigenvalue weighted by Crippen LogP contribution is -2.25. The third-order valence-electron chi connectivity index (χ3n) is 8.48. The molecule has 4 nitrogen and oxygen atoms in total. The van der Waals surface area contributed by atoms with Gasteiger partial charge in [-0.25, -0.2) is 0 Å². The molecule has 0 radical (unpaired) electrons. The summed E-state index contributed by atoms with van der Waals surface area (Å²) in [5.74, 6) is 0.858. The molecule has 242 valence electrons. The van der Waals surface area contributed by atoms with Crippen LogP contribution in [0.4, 0.5) is 0 Å². The highest BCUT2D eigenvalue weighted by atomic mass is 16.5. The van der Waals surface area contributed by atoms with Gasteiger partial charge in [0.15, 0.2) is 0 Å². The summed E-state index contributed by atoms with van der Waals surface area (Å²) in [5, 5.41) is 21.5. The lowest BCUT2D eigenvalue weighted by atomic mass is 9.97. The maximum atomic E-state index is 10.9.